The highest BCUT2D eigenvalue weighted by Gasteiger charge is 2.06. The van der Waals surface area contributed by atoms with Crippen molar-refractivity contribution in [3.63, 3.8) is 0 Å². The van der Waals surface area contributed by atoms with E-state index < -0.39 is 0 Å². The van der Waals surface area contributed by atoms with Crippen LogP contribution >= 0.6 is 0 Å². The van der Waals surface area contributed by atoms with E-state index in [1.807, 2.05) is 22.8 Å². The number of methoxy groups -OCH3 is 1. The summed E-state index contributed by atoms with van der Waals surface area (Å²) in [7, 11) is 1.67. The van der Waals surface area contributed by atoms with Crippen LogP contribution in [-0.2, 0) is 0 Å². The predicted octanol–water partition coefficient (Wildman–Crippen LogP) is 2.43. The Morgan fingerprint density at radius 1 is 1.43 bits per heavy atom. The summed E-state index contributed by atoms with van der Waals surface area (Å²) in [4.78, 5) is 4.20. The van der Waals surface area contributed by atoms with Crippen molar-refractivity contribution in [1.29, 1.82) is 0 Å². The van der Waals surface area contributed by atoms with Crippen molar-refractivity contribution in [1.82, 2.24) is 9.55 Å². The number of ether oxygens (including phenoxy) is 1. The van der Waals surface area contributed by atoms with Gasteiger partial charge in [0.05, 0.1) is 18.1 Å². The molecule has 1 aromatic heterocycles. The van der Waals surface area contributed by atoms with Gasteiger partial charge < -0.3 is 9.30 Å². The first kappa shape index (κ1) is 9.06. The minimum absolute atomic E-state index is 0.368. The summed E-state index contributed by atoms with van der Waals surface area (Å²) in [5, 5.41) is 0. The number of fused-ring (bicyclic) bond motifs is 1. The van der Waals surface area contributed by atoms with Gasteiger partial charge in [-0.2, -0.15) is 0 Å². The molecule has 0 unspecified atom stereocenters. The lowest BCUT2D eigenvalue weighted by Crippen LogP contribution is -1.98. The topological polar surface area (TPSA) is 27.1 Å². The number of rotatable bonds is 2. The number of hydrogen-bond acceptors (Lipinski definition) is 2. The molecule has 0 amide bonds. The molecule has 3 nitrogen and oxygen atoms in total. The van der Waals surface area contributed by atoms with Crippen LogP contribution in [0.2, 0.25) is 0 Å². The largest absolute Gasteiger partial charge is 0.497 e. The summed E-state index contributed by atoms with van der Waals surface area (Å²) in [5.41, 5.74) is 2.03. The first-order valence-corrected chi connectivity index (χ1v) is 4.66. The predicted molar refractivity (Wildman–Crippen MR) is 55.5 cm³/mol. The van der Waals surface area contributed by atoms with Crippen LogP contribution in [0.4, 0.5) is 0 Å². The molecule has 0 aliphatic carbocycles. The summed E-state index contributed by atoms with van der Waals surface area (Å²) in [5.74, 6) is 0.855. The molecule has 14 heavy (non-hydrogen) atoms. The molecule has 1 heterocycles. The zero-order valence-electron chi connectivity index (χ0n) is 8.61. The molecule has 1 radical (unpaired) electrons. The van der Waals surface area contributed by atoms with Gasteiger partial charge in [0.1, 0.15) is 5.75 Å². The maximum absolute atomic E-state index is 5.17. The Kier molecular flexibility index (Phi) is 2.15. The molecule has 2 rings (SSSR count). The molecule has 3 heteroatoms. The normalized spacial score (nSPS) is 11.1. The maximum atomic E-state index is 5.17. The number of aromatic nitrogens is 2. The Bertz CT molecular complexity index is 445. The van der Waals surface area contributed by atoms with Crippen LogP contribution in [0.15, 0.2) is 18.2 Å². The van der Waals surface area contributed by atoms with Crippen molar-refractivity contribution in [3.8, 4) is 5.75 Å². The second-order valence-corrected chi connectivity index (χ2v) is 3.53. The maximum Gasteiger partial charge on any atom is 0.177 e. The number of nitrogens with zero attached hydrogens (tertiary/aromatic N) is 2. The average molecular weight is 189 g/mol. The van der Waals surface area contributed by atoms with Crippen molar-refractivity contribution in [2.45, 2.75) is 19.9 Å². The SMILES string of the molecule is COc1ccc2n[c]n(C(C)C)c2c1. The summed E-state index contributed by atoms with van der Waals surface area (Å²) >= 11 is 0. The molecule has 0 saturated carbocycles. The van der Waals surface area contributed by atoms with Crippen molar-refractivity contribution < 1.29 is 4.74 Å². The van der Waals surface area contributed by atoms with Crippen LogP contribution in [0.3, 0.4) is 0 Å². The molecule has 2 aromatic rings. The molecule has 0 spiro atoms. The van der Waals surface area contributed by atoms with Crippen molar-refractivity contribution >= 4 is 11.0 Å². The van der Waals surface area contributed by atoms with E-state index in [-0.39, 0.29) is 0 Å². The molecule has 0 N–H and O–H groups in total. The number of hydrogen-bond donors (Lipinski definition) is 0. The molecule has 0 fully saturated rings. The molecule has 0 aliphatic heterocycles. The van der Waals surface area contributed by atoms with E-state index in [9.17, 15) is 0 Å². The fraction of sp³-hybridized carbons (Fsp3) is 0.364. The Labute approximate surface area is 83.3 Å². The zero-order valence-corrected chi connectivity index (χ0v) is 8.61. The van der Waals surface area contributed by atoms with Crippen LogP contribution in [0, 0.1) is 6.33 Å². The van der Waals surface area contributed by atoms with Gasteiger partial charge in [0.25, 0.3) is 0 Å². The summed E-state index contributed by atoms with van der Waals surface area (Å²) in [6.07, 6.45) is 2.98. The summed E-state index contributed by atoms with van der Waals surface area (Å²) in [6.45, 7) is 4.22. The van der Waals surface area contributed by atoms with E-state index in [2.05, 4.69) is 25.2 Å². The van der Waals surface area contributed by atoms with Crippen LogP contribution in [0.25, 0.3) is 11.0 Å². The fourth-order valence-electron chi connectivity index (χ4n) is 1.47. The van der Waals surface area contributed by atoms with Gasteiger partial charge in [-0.25, -0.2) is 4.98 Å². The van der Waals surface area contributed by atoms with Crippen molar-refractivity contribution in [2.75, 3.05) is 7.11 Å². The van der Waals surface area contributed by atoms with Crippen molar-refractivity contribution in [2.24, 2.45) is 0 Å². The zero-order chi connectivity index (χ0) is 10.1. The third-order valence-electron chi connectivity index (χ3n) is 2.24. The van der Waals surface area contributed by atoms with Crippen LogP contribution in [0.1, 0.15) is 19.9 Å². The standard InChI is InChI=1S/C11H13N2O/c1-8(2)13-7-12-10-5-4-9(14-3)6-11(10)13/h4-6,8H,1-3H3. The van der Waals surface area contributed by atoms with E-state index >= 15 is 0 Å². The van der Waals surface area contributed by atoms with E-state index in [0.29, 0.717) is 6.04 Å². The van der Waals surface area contributed by atoms with Crippen LogP contribution in [0.5, 0.6) is 5.75 Å². The first-order valence-electron chi connectivity index (χ1n) is 4.66. The van der Waals surface area contributed by atoms with Gasteiger partial charge in [0.2, 0.25) is 0 Å². The highest BCUT2D eigenvalue weighted by molar-refractivity contribution is 5.77. The molecular formula is C11H13N2O. The lowest BCUT2D eigenvalue weighted by atomic mass is 10.3. The highest BCUT2D eigenvalue weighted by atomic mass is 16.5. The van der Waals surface area contributed by atoms with Crippen LogP contribution in [-0.4, -0.2) is 16.7 Å². The Morgan fingerprint density at radius 2 is 2.21 bits per heavy atom. The second kappa shape index (κ2) is 3.33. The molecule has 73 valence electrons. The molecule has 0 saturated heterocycles. The minimum Gasteiger partial charge on any atom is -0.497 e. The van der Waals surface area contributed by atoms with Crippen LogP contribution < -0.4 is 4.74 Å². The highest BCUT2D eigenvalue weighted by Crippen LogP contribution is 2.21. The van der Waals surface area contributed by atoms with Gasteiger partial charge in [0.15, 0.2) is 6.33 Å². The summed E-state index contributed by atoms with van der Waals surface area (Å²) in [6, 6.07) is 6.21. The van der Waals surface area contributed by atoms with Crippen molar-refractivity contribution in [3.05, 3.63) is 24.5 Å². The van der Waals surface area contributed by atoms with Gasteiger partial charge in [-0.1, -0.05) is 0 Å². The molecule has 1 aromatic carbocycles. The monoisotopic (exact) mass is 189 g/mol. The quantitative estimate of drug-likeness (QED) is 0.725. The molecule has 0 bridgehead atoms. The number of imidazole rings is 1. The Hall–Kier alpha value is -1.51. The average Bonchev–Trinajstić information content (AvgIpc) is 2.59. The first-order chi connectivity index (χ1) is 6.72. The Morgan fingerprint density at radius 3 is 2.86 bits per heavy atom. The van der Waals surface area contributed by atoms with Gasteiger partial charge in [-0.05, 0) is 26.0 Å². The smallest absolute Gasteiger partial charge is 0.177 e. The molecular weight excluding hydrogens is 176 g/mol. The minimum atomic E-state index is 0.368. The van der Waals surface area contributed by atoms with E-state index in [0.717, 1.165) is 16.8 Å². The summed E-state index contributed by atoms with van der Waals surface area (Å²) < 4.78 is 7.18. The Balaban J connectivity index is 2.63. The van der Waals surface area contributed by atoms with Gasteiger partial charge in [0, 0.05) is 12.1 Å². The third-order valence-corrected chi connectivity index (χ3v) is 2.24. The van der Waals surface area contributed by atoms with Gasteiger partial charge in [-0.15, -0.1) is 0 Å². The molecule has 0 aliphatic rings. The van der Waals surface area contributed by atoms with E-state index in [4.69, 9.17) is 4.74 Å². The van der Waals surface area contributed by atoms with E-state index in [1.54, 1.807) is 7.11 Å². The van der Waals surface area contributed by atoms with E-state index in [1.165, 1.54) is 0 Å². The lowest BCUT2D eigenvalue weighted by molar-refractivity contribution is 0.415. The van der Waals surface area contributed by atoms with Gasteiger partial charge >= 0.3 is 0 Å². The second-order valence-electron chi connectivity index (χ2n) is 3.53. The van der Waals surface area contributed by atoms with Gasteiger partial charge in [-0.3, -0.25) is 0 Å². The third kappa shape index (κ3) is 1.35. The lowest BCUT2D eigenvalue weighted by Gasteiger charge is -2.07. The molecule has 0 atom stereocenters. The number of benzene rings is 1. The fourth-order valence-corrected chi connectivity index (χ4v) is 1.47.